The highest BCUT2D eigenvalue weighted by atomic mass is 79.9. The summed E-state index contributed by atoms with van der Waals surface area (Å²) in [5.74, 6) is -0.172. The van der Waals surface area contributed by atoms with Gasteiger partial charge in [-0.05, 0) is 36.4 Å². The lowest BCUT2D eigenvalue weighted by Gasteiger charge is -2.08. The van der Waals surface area contributed by atoms with Crippen molar-refractivity contribution < 1.29 is 9.90 Å². The van der Waals surface area contributed by atoms with Gasteiger partial charge in [-0.25, -0.2) is 9.48 Å². The van der Waals surface area contributed by atoms with Gasteiger partial charge in [-0.2, -0.15) is 5.10 Å². The smallest absolute Gasteiger partial charge is 0.342 e. The second-order valence-electron chi connectivity index (χ2n) is 4.15. The van der Waals surface area contributed by atoms with Crippen molar-refractivity contribution in [3.8, 4) is 5.69 Å². The fraction of sp³-hybridized carbons (Fsp3) is 0.231. The number of thioether (sulfide) groups is 1. The van der Waals surface area contributed by atoms with Gasteiger partial charge in [-0.3, -0.25) is 0 Å². The molecule has 0 unspecified atom stereocenters. The van der Waals surface area contributed by atoms with Gasteiger partial charge < -0.3 is 10.8 Å². The van der Waals surface area contributed by atoms with E-state index in [0.717, 1.165) is 21.5 Å². The monoisotopic (exact) mass is 355 g/mol. The fourth-order valence-electron chi connectivity index (χ4n) is 1.89. The average molecular weight is 356 g/mol. The van der Waals surface area contributed by atoms with E-state index in [1.807, 2.05) is 32.0 Å². The van der Waals surface area contributed by atoms with E-state index in [-0.39, 0.29) is 11.4 Å². The summed E-state index contributed by atoms with van der Waals surface area (Å²) in [6.45, 7) is 3.87. The number of benzene rings is 1. The number of nitrogens with two attached hydrogens (primary N) is 1. The number of carbonyl (C=O) groups is 1. The lowest BCUT2D eigenvalue weighted by molar-refractivity contribution is 0.0694. The summed E-state index contributed by atoms with van der Waals surface area (Å²) in [4.78, 5) is 11.3. The molecule has 0 spiro atoms. The van der Waals surface area contributed by atoms with E-state index in [9.17, 15) is 9.90 Å². The Morgan fingerprint density at radius 3 is 2.80 bits per heavy atom. The molecule has 1 aromatic heterocycles. The van der Waals surface area contributed by atoms with Crippen LogP contribution < -0.4 is 5.73 Å². The van der Waals surface area contributed by atoms with Crippen LogP contribution in [-0.4, -0.2) is 26.6 Å². The molecule has 0 radical (unpaired) electrons. The highest BCUT2D eigenvalue weighted by Crippen LogP contribution is 2.30. The zero-order chi connectivity index (χ0) is 14.9. The molecule has 20 heavy (non-hydrogen) atoms. The molecule has 7 heteroatoms. The molecule has 0 bridgehead atoms. The quantitative estimate of drug-likeness (QED) is 0.822. The van der Waals surface area contributed by atoms with E-state index in [1.165, 1.54) is 16.4 Å². The summed E-state index contributed by atoms with van der Waals surface area (Å²) in [7, 11) is 0. The van der Waals surface area contributed by atoms with Crippen LogP contribution in [0.4, 0.5) is 5.82 Å². The van der Waals surface area contributed by atoms with Gasteiger partial charge in [-0.15, -0.1) is 11.8 Å². The van der Waals surface area contributed by atoms with Crippen molar-refractivity contribution in [1.29, 1.82) is 0 Å². The number of aromatic carboxylic acids is 1. The molecule has 0 aliphatic rings. The number of halogens is 1. The number of rotatable bonds is 4. The Morgan fingerprint density at radius 1 is 1.55 bits per heavy atom. The number of carboxylic acid groups (broad SMARTS) is 1. The van der Waals surface area contributed by atoms with Gasteiger partial charge in [0.15, 0.2) is 0 Å². The van der Waals surface area contributed by atoms with Crippen molar-refractivity contribution in [1.82, 2.24) is 9.78 Å². The third-order valence-corrected chi connectivity index (χ3v) is 4.11. The minimum absolute atomic E-state index is 0.0687. The second-order valence-corrected chi connectivity index (χ2v) is 6.31. The minimum atomic E-state index is -1.06. The molecule has 0 atom stereocenters. The first kappa shape index (κ1) is 14.9. The molecule has 5 nitrogen and oxygen atoms in total. The second kappa shape index (κ2) is 5.88. The van der Waals surface area contributed by atoms with Gasteiger partial charge in [0.1, 0.15) is 16.4 Å². The summed E-state index contributed by atoms with van der Waals surface area (Å²) in [6, 6.07) is 5.66. The van der Waals surface area contributed by atoms with Gasteiger partial charge in [0.2, 0.25) is 0 Å². The Kier molecular flexibility index (Phi) is 4.39. The molecule has 2 rings (SSSR count). The molecule has 2 aromatic rings. The van der Waals surface area contributed by atoms with E-state index in [4.69, 9.17) is 5.73 Å². The van der Waals surface area contributed by atoms with Gasteiger partial charge >= 0.3 is 5.97 Å². The highest BCUT2D eigenvalue weighted by Gasteiger charge is 2.22. The van der Waals surface area contributed by atoms with Crippen LogP contribution in [0.15, 0.2) is 27.7 Å². The number of hydrogen-bond donors (Lipinski definition) is 2. The van der Waals surface area contributed by atoms with E-state index in [2.05, 4.69) is 21.0 Å². The molecule has 0 aliphatic heterocycles. The van der Waals surface area contributed by atoms with Crippen LogP contribution >= 0.6 is 27.7 Å². The van der Waals surface area contributed by atoms with Crippen LogP contribution in [0, 0.1) is 6.92 Å². The third-order valence-electron chi connectivity index (χ3n) is 2.77. The van der Waals surface area contributed by atoms with Crippen LogP contribution in [0.3, 0.4) is 0 Å². The third kappa shape index (κ3) is 2.69. The predicted molar refractivity (Wildman–Crippen MR) is 83.8 cm³/mol. The summed E-state index contributed by atoms with van der Waals surface area (Å²) >= 11 is 4.76. The number of carboxylic acids is 1. The number of aromatic nitrogens is 2. The molecular formula is C13H14BrN3O2S. The molecule has 1 heterocycles. The van der Waals surface area contributed by atoms with Crippen molar-refractivity contribution in [3.05, 3.63) is 33.8 Å². The van der Waals surface area contributed by atoms with E-state index >= 15 is 0 Å². The lowest BCUT2D eigenvalue weighted by Crippen LogP contribution is -2.06. The van der Waals surface area contributed by atoms with E-state index in [0.29, 0.717) is 5.03 Å². The topological polar surface area (TPSA) is 81.1 Å². The first-order chi connectivity index (χ1) is 9.45. The fourth-order valence-corrected chi connectivity index (χ4v) is 3.11. The molecule has 106 valence electrons. The summed E-state index contributed by atoms with van der Waals surface area (Å²) in [6.07, 6.45) is 0. The molecule has 0 amide bonds. The molecule has 0 fully saturated rings. The molecule has 0 aliphatic carbocycles. The maximum Gasteiger partial charge on any atom is 0.342 e. The normalized spacial score (nSPS) is 10.8. The average Bonchev–Trinajstić information content (AvgIpc) is 2.67. The van der Waals surface area contributed by atoms with Gasteiger partial charge in [-0.1, -0.05) is 22.9 Å². The Labute approximate surface area is 129 Å². The Bertz CT molecular complexity index is 670. The number of nitrogen functional groups attached to an aromatic ring is 1. The maximum atomic E-state index is 11.3. The first-order valence-electron chi connectivity index (χ1n) is 5.96. The largest absolute Gasteiger partial charge is 0.477 e. The van der Waals surface area contributed by atoms with Crippen molar-refractivity contribution in [3.63, 3.8) is 0 Å². The van der Waals surface area contributed by atoms with Crippen molar-refractivity contribution in [2.24, 2.45) is 0 Å². The number of aryl methyl sites for hydroxylation is 1. The zero-order valence-electron chi connectivity index (χ0n) is 11.1. The SMILES string of the molecule is CCSc1nn(-c2ccc(Br)cc2C)c(N)c1C(=O)O. The van der Waals surface area contributed by atoms with E-state index < -0.39 is 5.97 Å². The molecular weight excluding hydrogens is 342 g/mol. The minimum Gasteiger partial charge on any atom is -0.477 e. The summed E-state index contributed by atoms with van der Waals surface area (Å²) in [5.41, 5.74) is 7.77. The maximum absolute atomic E-state index is 11.3. The zero-order valence-corrected chi connectivity index (χ0v) is 13.5. The van der Waals surface area contributed by atoms with Crippen LogP contribution in [0.2, 0.25) is 0 Å². The number of anilines is 1. The summed E-state index contributed by atoms with van der Waals surface area (Å²) in [5, 5.41) is 14.1. The Morgan fingerprint density at radius 2 is 2.25 bits per heavy atom. The standard InChI is InChI=1S/C13H14BrN3O2S/c1-3-20-12-10(13(18)19)11(15)17(16-12)9-5-4-8(14)6-7(9)2/h4-6H,3,15H2,1-2H3,(H,18,19). The van der Waals surface area contributed by atoms with Gasteiger partial charge in [0, 0.05) is 4.47 Å². The van der Waals surface area contributed by atoms with Crippen LogP contribution in [0.25, 0.3) is 5.69 Å². The molecule has 1 aromatic carbocycles. The van der Waals surface area contributed by atoms with Gasteiger partial charge in [0.05, 0.1) is 5.69 Å². The number of hydrogen-bond acceptors (Lipinski definition) is 4. The van der Waals surface area contributed by atoms with Gasteiger partial charge in [0.25, 0.3) is 0 Å². The Hall–Kier alpha value is -1.47. The first-order valence-corrected chi connectivity index (χ1v) is 7.74. The van der Waals surface area contributed by atoms with Crippen molar-refractivity contribution in [2.75, 3.05) is 11.5 Å². The Balaban J connectivity index is 2.63. The molecule has 3 N–H and O–H groups in total. The van der Waals surface area contributed by atoms with Crippen LogP contribution in [-0.2, 0) is 0 Å². The predicted octanol–water partition coefficient (Wildman–Crippen LogP) is 3.34. The number of nitrogens with zero attached hydrogens (tertiary/aromatic N) is 2. The summed E-state index contributed by atoms with van der Waals surface area (Å²) < 4.78 is 2.44. The van der Waals surface area contributed by atoms with Crippen LogP contribution in [0.5, 0.6) is 0 Å². The van der Waals surface area contributed by atoms with Crippen molar-refractivity contribution >= 4 is 39.5 Å². The highest BCUT2D eigenvalue weighted by molar-refractivity contribution is 9.10. The van der Waals surface area contributed by atoms with Crippen LogP contribution in [0.1, 0.15) is 22.8 Å². The lowest BCUT2D eigenvalue weighted by atomic mass is 10.2. The molecule has 0 saturated heterocycles. The van der Waals surface area contributed by atoms with E-state index in [1.54, 1.807) is 0 Å². The molecule has 0 saturated carbocycles. The van der Waals surface area contributed by atoms with Crippen molar-refractivity contribution in [2.45, 2.75) is 18.9 Å².